The van der Waals surface area contributed by atoms with Gasteiger partial charge in [-0.1, -0.05) is 24.3 Å². The number of benzene rings is 2. The Hall–Kier alpha value is -2.84. The zero-order valence-electron chi connectivity index (χ0n) is 16.2. The second kappa shape index (κ2) is 8.26. The van der Waals surface area contributed by atoms with Gasteiger partial charge in [-0.3, -0.25) is 14.9 Å². The lowest BCUT2D eigenvalue weighted by molar-refractivity contribution is -0.898. The number of fused-ring (bicyclic) bond motifs is 1. The molecule has 1 saturated heterocycles. The second-order valence-corrected chi connectivity index (χ2v) is 8.58. The average molecular weight is 412 g/mol. The summed E-state index contributed by atoms with van der Waals surface area (Å²) in [5, 5.41) is 15.2. The van der Waals surface area contributed by atoms with Crippen LogP contribution in [-0.4, -0.2) is 35.4 Å². The maximum Gasteiger partial charge on any atom is 0.293 e. The molecule has 1 unspecified atom stereocenters. The van der Waals surface area contributed by atoms with Gasteiger partial charge in [0, 0.05) is 6.07 Å². The molecule has 2 heterocycles. The number of quaternary nitrogens is 1. The van der Waals surface area contributed by atoms with Crippen LogP contribution in [0.3, 0.4) is 0 Å². The summed E-state index contributed by atoms with van der Waals surface area (Å²) in [5.74, 6) is 0.152. The van der Waals surface area contributed by atoms with E-state index in [1.54, 1.807) is 30.4 Å². The number of likely N-dealkylation sites (tertiary alicyclic amines) is 1. The largest absolute Gasteiger partial charge is 0.327 e. The smallest absolute Gasteiger partial charge is 0.293 e. The van der Waals surface area contributed by atoms with E-state index in [2.05, 4.69) is 11.4 Å². The molecular formula is C21H23N4O3S+. The number of amides is 1. The second-order valence-electron chi connectivity index (χ2n) is 7.51. The number of thiazole rings is 1. The van der Waals surface area contributed by atoms with Crippen LogP contribution in [0.1, 0.15) is 29.3 Å². The molecule has 1 fully saturated rings. The van der Waals surface area contributed by atoms with Crippen molar-refractivity contribution < 1.29 is 14.6 Å². The monoisotopic (exact) mass is 411 g/mol. The zero-order chi connectivity index (χ0) is 20.4. The van der Waals surface area contributed by atoms with Crippen molar-refractivity contribution in [3.63, 3.8) is 0 Å². The highest BCUT2D eigenvalue weighted by molar-refractivity contribution is 7.18. The van der Waals surface area contributed by atoms with E-state index in [4.69, 9.17) is 4.98 Å². The number of hydrogen-bond acceptors (Lipinski definition) is 5. The standard InChI is InChI=1S/C21H22N4O3S/c1-14-6-4-9-17(25(27)28)20(14)23-19(26)13-24-11-5-7-15(12-24)21-22-16-8-2-3-10-18(16)29-21/h2-4,6,8-10,15H,5,7,11-13H2,1H3,(H,23,26)/p+1/t15-/m1/s1. The quantitative estimate of drug-likeness (QED) is 0.499. The van der Waals surface area contributed by atoms with Crippen molar-refractivity contribution in [3.8, 4) is 0 Å². The van der Waals surface area contributed by atoms with E-state index < -0.39 is 4.92 Å². The molecule has 1 aromatic heterocycles. The summed E-state index contributed by atoms with van der Waals surface area (Å²) < 4.78 is 1.19. The molecule has 3 aromatic rings. The maximum absolute atomic E-state index is 12.6. The van der Waals surface area contributed by atoms with Crippen LogP contribution in [0, 0.1) is 17.0 Å². The first kappa shape index (κ1) is 19.5. The van der Waals surface area contributed by atoms with Crippen molar-refractivity contribution in [3.05, 3.63) is 63.1 Å². The fourth-order valence-electron chi connectivity index (χ4n) is 3.96. The van der Waals surface area contributed by atoms with Gasteiger partial charge in [0.05, 0.1) is 34.1 Å². The summed E-state index contributed by atoms with van der Waals surface area (Å²) in [5.41, 5.74) is 1.94. The summed E-state index contributed by atoms with van der Waals surface area (Å²) in [6.07, 6.45) is 2.11. The summed E-state index contributed by atoms with van der Waals surface area (Å²) >= 11 is 1.73. The first-order chi connectivity index (χ1) is 14.0. The molecule has 0 spiro atoms. The Balaban J connectivity index is 1.43. The normalized spacial score (nSPS) is 19.2. The van der Waals surface area contributed by atoms with Crippen LogP contribution in [0.15, 0.2) is 42.5 Å². The number of nitrogens with zero attached hydrogens (tertiary/aromatic N) is 2. The molecule has 0 saturated carbocycles. The summed E-state index contributed by atoms with van der Waals surface area (Å²) in [6.45, 7) is 3.83. The van der Waals surface area contributed by atoms with Crippen LogP contribution in [0.25, 0.3) is 10.2 Å². The number of nitro benzene ring substituents is 1. The number of rotatable bonds is 5. The van der Waals surface area contributed by atoms with E-state index in [9.17, 15) is 14.9 Å². The van der Waals surface area contributed by atoms with Crippen molar-refractivity contribution >= 4 is 38.8 Å². The molecule has 8 heteroatoms. The predicted molar refractivity (Wildman–Crippen MR) is 114 cm³/mol. The van der Waals surface area contributed by atoms with Crippen LogP contribution < -0.4 is 10.2 Å². The van der Waals surface area contributed by atoms with E-state index >= 15 is 0 Å². The summed E-state index contributed by atoms with van der Waals surface area (Å²) in [4.78, 5) is 29.4. The van der Waals surface area contributed by atoms with E-state index in [0.29, 0.717) is 23.7 Å². The molecule has 2 N–H and O–H groups in total. The molecule has 1 amide bonds. The van der Waals surface area contributed by atoms with Gasteiger partial charge in [0.15, 0.2) is 6.54 Å². The number of aryl methyl sites for hydroxylation is 1. The van der Waals surface area contributed by atoms with Crippen LogP contribution in [0.4, 0.5) is 11.4 Å². The lowest BCUT2D eigenvalue weighted by atomic mass is 9.99. The van der Waals surface area contributed by atoms with Crippen LogP contribution >= 0.6 is 11.3 Å². The molecule has 7 nitrogen and oxygen atoms in total. The van der Waals surface area contributed by atoms with Crippen LogP contribution in [0.2, 0.25) is 0 Å². The molecule has 0 aliphatic carbocycles. The number of carbonyl (C=O) groups excluding carboxylic acids is 1. The van der Waals surface area contributed by atoms with Gasteiger partial charge < -0.3 is 10.2 Å². The zero-order valence-corrected chi connectivity index (χ0v) is 17.0. The highest BCUT2D eigenvalue weighted by atomic mass is 32.1. The van der Waals surface area contributed by atoms with Gasteiger partial charge in [-0.15, -0.1) is 11.3 Å². The van der Waals surface area contributed by atoms with Gasteiger partial charge in [-0.25, -0.2) is 4.98 Å². The molecule has 29 heavy (non-hydrogen) atoms. The lowest BCUT2D eigenvalue weighted by Crippen LogP contribution is -3.14. The van der Waals surface area contributed by atoms with Crippen LogP contribution in [-0.2, 0) is 4.79 Å². The van der Waals surface area contributed by atoms with Gasteiger partial charge in [0.2, 0.25) is 0 Å². The highest BCUT2D eigenvalue weighted by Gasteiger charge is 2.29. The fourth-order valence-corrected chi connectivity index (χ4v) is 5.07. The molecule has 2 atom stereocenters. The lowest BCUT2D eigenvalue weighted by Gasteiger charge is -2.28. The number of piperidine rings is 1. The number of carbonyl (C=O) groups is 1. The molecule has 0 radical (unpaired) electrons. The third kappa shape index (κ3) is 4.28. The first-order valence-electron chi connectivity index (χ1n) is 9.74. The average Bonchev–Trinajstić information content (AvgIpc) is 3.14. The minimum atomic E-state index is -0.459. The fraction of sp³-hybridized carbons (Fsp3) is 0.333. The third-order valence-corrected chi connectivity index (χ3v) is 6.60. The molecule has 4 rings (SSSR count). The third-order valence-electron chi connectivity index (χ3n) is 5.40. The van der Waals surface area contributed by atoms with E-state index in [0.717, 1.165) is 36.5 Å². The molecule has 1 aliphatic heterocycles. The molecule has 2 aromatic carbocycles. The van der Waals surface area contributed by atoms with E-state index in [1.807, 2.05) is 18.2 Å². The Labute approximate surface area is 172 Å². The number of para-hydroxylation sites is 2. The van der Waals surface area contributed by atoms with Gasteiger partial charge in [0.25, 0.3) is 11.6 Å². The van der Waals surface area contributed by atoms with E-state index in [1.165, 1.54) is 15.7 Å². The molecule has 150 valence electrons. The Morgan fingerprint density at radius 1 is 1.31 bits per heavy atom. The minimum Gasteiger partial charge on any atom is -0.327 e. The minimum absolute atomic E-state index is 0.0700. The predicted octanol–water partition coefficient (Wildman–Crippen LogP) is 2.91. The van der Waals surface area contributed by atoms with Crippen molar-refractivity contribution in [1.82, 2.24) is 4.98 Å². The topological polar surface area (TPSA) is 89.6 Å². The van der Waals surface area contributed by atoms with Crippen molar-refractivity contribution in [1.29, 1.82) is 0 Å². The molecular weight excluding hydrogens is 388 g/mol. The Kier molecular flexibility index (Phi) is 5.55. The number of nitro groups is 1. The number of anilines is 1. The summed E-state index contributed by atoms with van der Waals surface area (Å²) in [7, 11) is 0. The van der Waals surface area contributed by atoms with E-state index in [-0.39, 0.29) is 11.6 Å². The maximum atomic E-state index is 12.6. The number of nitrogens with one attached hydrogen (secondary N) is 2. The SMILES string of the molecule is Cc1cccc([N+](=O)[O-])c1NC(=O)C[NH+]1CCC[C@@H](c2nc3ccccc3s2)C1. The van der Waals surface area contributed by atoms with Gasteiger partial charge in [-0.05, 0) is 37.5 Å². The highest BCUT2D eigenvalue weighted by Crippen LogP contribution is 2.30. The number of aromatic nitrogens is 1. The Bertz CT molecular complexity index is 1030. The van der Waals surface area contributed by atoms with Crippen LogP contribution in [0.5, 0.6) is 0 Å². The Morgan fingerprint density at radius 3 is 2.93 bits per heavy atom. The van der Waals surface area contributed by atoms with Crippen molar-refractivity contribution in [2.24, 2.45) is 0 Å². The van der Waals surface area contributed by atoms with Crippen molar-refractivity contribution in [2.75, 3.05) is 25.0 Å². The number of hydrogen-bond donors (Lipinski definition) is 2. The molecule has 1 aliphatic rings. The first-order valence-corrected chi connectivity index (χ1v) is 10.6. The Morgan fingerprint density at radius 2 is 2.14 bits per heavy atom. The van der Waals surface area contributed by atoms with Gasteiger partial charge >= 0.3 is 0 Å². The van der Waals surface area contributed by atoms with Crippen molar-refractivity contribution in [2.45, 2.75) is 25.7 Å². The summed E-state index contributed by atoms with van der Waals surface area (Å²) in [6, 6.07) is 13.0. The van der Waals surface area contributed by atoms with Gasteiger partial charge in [0.1, 0.15) is 10.7 Å². The molecule has 0 bridgehead atoms. The van der Waals surface area contributed by atoms with Gasteiger partial charge in [-0.2, -0.15) is 0 Å².